The van der Waals surface area contributed by atoms with Crippen molar-refractivity contribution in [2.24, 2.45) is 0 Å². The lowest BCUT2D eigenvalue weighted by Crippen LogP contribution is -2.43. The van der Waals surface area contributed by atoms with Crippen LogP contribution in [0.25, 0.3) is 0 Å². The maximum Gasteiger partial charge on any atom is 0.255 e. The summed E-state index contributed by atoms with van der Waals surface area (Å²) < 4.78 is 25.7. The van der Waals surface area contributed by atoms with Gasteiger partial charge in [-0.15, -0.1) is 0 Å². The molecule has 0 saturated carbocycles. The Balaban J connectivity index is 1.57. The van der Waals surface area contributed by atoms with Gasteiger partial charge in [0.15, 0.2) is 0 Å². The molecule has 1 atom stereocenters. The van der Waals surface area contributed by atoms with E-state index in [1.54, 1.807) is 24.3 Å². The second kappa shape index (κ2) is 7.16. The van der Waals surface area contributed by atoms with Gasteiger partial charge in [0.05, 0.1) is 16.3 Å². The summed E-state index contributed by atoms with van der Waals surface area (Å²) in [5, 5.41) is 5.61. The van der Waals surface area contributed by atoms with Gasteiger partial charge in [0.2, 0.25) is 15.9 Å². The lowest BCUT2D eigenvalue weighted by molar-refractivity contribution is -0.117. The highest BCUT2D eigenvalue weighted by atomic mass is 32.2. The average molecular weight is 414 g/mol. The summed E-state index contributed by atoms with van der Waals surface area (Å²) >= 11 is 0. The van der Waals surface area contributed by atoms with Gasteiger partial charge in [0.25, 0.3) is 5.91 Å². The van der Waals surface area contributed by atoms with Crippen LogP contribution >= 0.6 is 0 Å². The van der Waals surface area contributed by atoms with Gasteiger partial charge >= 0.3 is 0 Å². The standard InChI is InChI=1S/C20H22N4O4S/c1-23(2)29(27,28)15-6-3-5-14(12-15)21-19(25)13-8-9-17-16(11-13)22-20(26)18-7-4-10-24(17)18/h3,5-6,8-9,11-12,18H,4,7,10H2,1-2H3,(H,21,25)(H,22,26)/t18-/m0/s1. The fraction of sp³-hybridized carbons (Fsp3) is 0.300. The van der Waals surface area contributed by atoms with Gasteiger partial charge in [-0.2, -0.15) is 0 Å². The number of sulfonamides is 1. The summed E-state index contributed by atoms with van der Waals surface area (Å²) in [6.45, 7) is 0.823. The van der Waals surface area contributed by atoms with E-state index in [4.69, 9.17) is 0 Å². The summed E-state index contributed by atoms with van der Waals surface area (Å²) in [5.74, 6) is -0.431. The molecule has 0 aliphatic carbocycles. The molecule has 29 heavy (non-hydrogen) atoms. The Labute approximate surface area is 169 Å². The minimum Gasteiger partial charge on any atom is -0.358 e. The van der Waals surface area contributed by atoms with E-state index < -0.39 is 10.0 Å². The molecule has 2 N–H and O–H groups in total. The van der Waals surface area contributed by atoms with Crippen molar-refractivity contribution in [3.05, 3.63) is 48.0 Å². The number of nitrogens with one attached hydrogen (secondary N) is 2. The topological polar surface area (TPSA) is 98.8 Å². The van der Waals surface area contributed by atoms with Crippen molar-refractivity contribution in [3.63, 3.8) is 0 Å². The van der Waals surface area contributed by atoms with Crippen molar-refractivity contribution in [2.45, 2.75) is 23.8 Å². The fourth-order valence-corrected chi connectivity index (χ4v) is 4.67. The highest BCUT2D eigenvalue weighted by molar-refractivity contribution is 7.89. The molecule has 0 spiro atoms. The third-order valence-electron chi connectivity index (χ3n) is 5.25. The first-order valence-electron chi connectivity index (χ1n) is 9.33. The molecular weight excluding hydrogens is 392 g/mol. The molecule has 152 valence electrons. The second-order valence-corrected chi connectivity index (χ2v) is 9.49. The molecule has 9 heteroatoms. The van der Waals surface area contributed by atoms with Crippen LogP contribution in [0.15, 0.2) is 47.4 Å². The van der Waals surface area contributed by atoms with E-state index in [0.717, 1.165) is 29.4 Å². The zero-order valence-corrected chi connectivity index (χ0v) is 17.0. The van der Waals surface area contributed by atoms with Gasteiger partial charge < -0.3 is 15.5 Å². The van der Waals surface area contributed by atoms with Crippen molar-refractivity contribution >= 4 is 38.9 Å². The summed E-state index contributed by atoms with van der Waals surface area (Å²) in [6.07, 6.45) is 1.80. The van der Waals surface area contributed by atoms with Gasteiger partial charge in [-0.3, -0.25) is 9.59 Å². The minimum absolute atomic E-state index is 0.0471. The van der Waals surface area contributed by atoms with Crippen LogP contribution in [0.1, 0.15) is 23.2 Å². The summed E-state index contributed by atoms with van der Waals surface area (Å²) in [5.41, 5.74) is 2.29. The SMILES string of the molecule is CN(C)S(=O)(=O)c1cccc(NC(=O)c2ccc3c(c2)NC(=O)[C@@H]2CCCN32)c1. The van der Waals surface area contributed by atoms with Crippen molar-refractivity contribution in [3.8, 4) is 0 Å². The Morgan fingerprint density at radius 2 is 2.00 bits per heavy atom. The molecule has 2 aromatic rings. The fourth-order valence-electron chi connectivity index (χ4n) is 3.72. The van der Waals surface area contributed by atoms with E-state index in [2.05, 4.69) is 15.5 Å². The number of hydrogen-bond acceptors (Lipinski definition) is 5. The van der Waals surface area contributed by atoms with E-state index in [-0.39, 0.29) is 22.8 Å². The number of hydrogen-bond donors (Lipinski definition) is 2. The first-order chi connectivity index (χ1) is 13.8. The monoisotopic (exact) mass is 414 g/mol. The van der Waals surface area contributed by atoms with Gasteiger partial charge in [-0.05, 0) is 49.2 Å². The lowest BCUT2D eigenvalue weighted by Gasteiger charge is -2.33. The molecule has 2 aliphatic rings. The van der Waals surface area contributed by atoms with Crippen LogP contribution in [-0.2, 0) is 14.8 Å². The number of anilines is 3. The van der Waals surface area contributed by atoms with Crippen LogP contribution < -0.4 is 15.5 Å². The first-order valence-corrected chi connectivity index (χ1v) is 10.8. The maximum absolute atomic E-state index is 12.7. The maximum atomic E-state index is 12.7. The number of nitrogens with zero attached hydrogens (tertiary/aromatic N) is 2. The minimum atomic E-state index is -3.60. The van der Waals surface area contributed by atoms with Gasteiger partial charge in [0.1, 0.15) is 6.04 Å². The molecular formula is C20H22N4O4S. The van der Waals surface area contributed by atoms with Crippen molar-refractivity contribution < 1.29 is 18.0 Å². The molecule has 1 saturated heterocycles. The Morgan fingerprint density at radius 3 is 2.76 bits per heavy atom. The smallest absolute Gasteiger partial charge is 0.255 e. The molecule has 0 unspecified atom stereocenters. The third kappa shape index (κ3) is 3.47. The van der Waals surface area contributed by atoms with Crippen LogP contribution in [0.5, 0.6) is 0 Å². The van der Waals surface area contributed by atoms with Crippen molar-refractivity contribution in [1.29, 1.82) is 0 Å². The highest BCUT2D eigenvalue weighted by Crippen LogP contribution is 2.37. The van der Waals surface area contributed by atoms with Gasteiger partial charge in [0, 0.05) is 31.9 Å². The van der Waals surface area contributed by atoms with Gasteiger partial charge in [-0.25, -0.2) is 12.7 Å². The zero-order valence-electron chi connectivity index (χ0n) is 16.2. The largest absolute Gasteiger partial charge is 0.358 e. The van der Waals surface area contributed by atoms with E-state index in [1.807, 2.05) is 6.07 Å². The third-order valence-corrected chi connectivity index (χ3v) is 7.06. The van der Waals surface area contributed by atoms with E-state index >= 15 is 0 Å². The first kappa shape index (κ1) is 19.4. The Morgan fingerprint density at radius 1 is 1.21 bits per heavy atom. The molecule has 0 bridgehead atoms. The normalized spacial score (nSPS) is 18.2. The average Bonchev–Trinajstić information content (AvgIpc) is 3.18. The molecule has 0 aromatic heterocycles. The molecule has 0 radical (unpaired) electrons. The quantitative estimate of drug-likeness (QED) is 0.798. The number of rotatable bonds is 4. The molecule has 4 rings (SSSR count). The molecule has 2 aromatic carbocycles. The zero-order chi connectivity index (χ0) is 20.8. The summed E-state index contributed by atoms with van der Waals surface area (Å²) in [7, 11) is -0.695. The van der Waals surface area contributed by atoms with Crippen molar-refractivity contribution in [1.82, 2.24) is 4.31 Å². The van der Waals surface area contributed by atoms with Crippen LogP contribution in [-0.4, -0.2) is 51.2 Å². The summed E-state index contributed by atoms with van der Waals surface area (Å²) in [4.78, 5) is 27.2. The Bertz CT molecular complexity index is 1100. The van der Waals surface area contributed by atoms with Crippen LogP contribution in [0.4, 0.5) is 17.1 Å². The van der Waals surface area contributed by atoms with E-state index in [1.165, 1.54) is 26.2 Å². The second-order valence-electron chi connectivity index (χ2n) is 7.34. The van der Waals surface area contributed by atoms with Gasteiger partial charge in [-0.1, -0.05) is 6.07 Å². The molecule has 2 amide bonds. The highest BCUT2D eigenvalue weighted by Gasteiger charge is 2.36. The molecule has 2 aliphatic heterocycles. The van der Waals surface area contributed by atoms with Crippen LogP contribution in [0, 0.1) is 0 Å². The van der Waals surface area contributed by atoms with E-state index in [9.17, 15) is 18.0 Å². The van der Waals surface area contributed by atoms with Crippen LogP contribution in [0.3, 0.4) is 0 Å². The number of benzene rings is 2. The lowest BCUT2D eigenvalue weighted by atomic mass is 10.1. The molecule has 1 fully saturated rings. The number of amides is 2. The number of carbonyl (C=O) groups excluding carboxylic acids is 2. The van der Waals surface area contributed by atoms with Crippen LogP contribution in [0.2, 0.25) is 0 Å². The Hall–Kier alpha value is -2.91. The summed E-state index contributed by atoms with van der Waals surface area (Å²) in [6, 6.07) is 11.2. The van der Waals surface area contributed by atoms with E-state index in [0.29, 0.717) is 16.9 Å². The Kier molecular flexibility index (Phi) is 4.79. The number of carbonyl (C=O) groups is 2. The predicted molar refractivity (Wildman–Crippen MR) is 111 cm³/mol. The predicted octanol–water partition coefficient (Wildman–Crippen LogP) is 2.11. The molecule has 2 heterocycles. The molecule has 8 nitrogen and oxygen atoms in total. The van der Waals surface area contributed by atoms with Crippen molar-refractivity contribution in [2.75, 3.05) is 36.2 Å². The number of fused-ring (bicyclic) bond motifs is 3.